The third-order valence-electron chi connectivity index (χ3n) is 3.54. The van der Waals surface area contributed by atoms with E-state index < -0.39 is 5.60 Å². The molecule has 0 saturated heterocycles. The molecule has 0 heterocycles. The number of aryl methyl sites for hydroxylation is 1. The summed E-state index contributed by atoms with van der Waals surface area (Å²) in [5.41, 5.74) is 2.26. The van der Waals surface area contributed by atoms with Gasteiger partial charge in [0.25, 0.3) is 0 Å². The largest absolute Gasteiger partial charge is 0.389 e. The second kappa shape index (κ2) is 6.37. The Kier molecular flexibility index (Phi) is 5.31. The molecular weight excluding hydrogens is 252 g/mol. The van der Waals surface area contributed by atoms with Crippen LogP contribution in [0.15, 0.2) is 18.2 Å². The number of likely N-dealkylation sites (N-methyl/N-ethyl adjacent to an activating group) is 1. The van der Waals surface area contributed by atoms with Gasteiger partial charge in [-0.15, -0.1) is 0 Å². The molecule has 0 aromatic heterocycles. The fraction of sp³-hybridized carbons (Fsp3) is 0.562. The Hall–Kier alpha value is -1.39. The maximum Gasteiger partial charge on any atom is 0.241 e. The quantitative estimate of drug-likeness (QED) is 0.869. The fourth-order valence-corrected chi connectivity index (χ4v) is 2.07. The lowest BCUT2D eigenvalue weighted by Crippen LogP contribution is -2.46. The van der Waals surface area contributed by atoms with Crippen molar-refractivity contribution in [1.29, 1.82) is 0 Å². The monoisotopic (exact) mass is 278 g/mol. The average Bonchev–Trinajstić information content (AvgIpc) is 2.31. The minimum Gasteiger partial charge on any atom is -0.389 e. The second-order valence-electron chi connectivity index (χ2n) is 6.14. The number of hydrogen-bond acceptors (Lipinski definition) is 3. The van der Waals surface area contributed by atoms with Gasteiger partial charge in [0.15, 0.2) is 0 Å². The SMILES string of the molecule is Cc1cccc(NC(=O)C(C)N(C)CC(C)(C)O)c1C. The van der Waals surface area contributed by atoms with E-state index in [0.717, 1.165) is 16.8 Å². The van der Waals surface area contributed by atoms with E-state index in [1.807, 2.05) is 50.9 Å². The highest BCUT2D eigenvalue weighted by atomic mass is 16.3. The van der Waals surface area contributed by atoms with E-state index in [1.165, 1.54) is 0 Å². The number of aliphatic hydroxyl groups is 1. The first kappa shape index (κ1) is 16.7. The Morgan fingerprint density at radius 2 is 2.00 bits per heavy atom. The van der Waals surface area contributed by atoms with Crippen LogP contribution in [0.25, 0.3) is 0 Å². The highest BCUT2D eigenvalue weighted by Crippen LogP contribution is 2.18. The molecule has 0 fully saturated rings. The van der Waals surface area contributed by atoms with Crippen LogP contribution in [0, 0.1) is 13.8 Å². The van der Waals surface area contributed by atoms with Crippen molar-refractivity contribution in [3.63, 3.8) is 0 Å². The lowest BCUT2D eigenvalue weighted by molar-refractivity contribution is -0.121. The molecule has 1 aromatic rings. The summed E-state index contributed by atoms with van der Waals surface area (Å²) in [6.45, 7) is 9.77. The number of carbonyl (C=O) groups is 1. The van der Waals surface area contributed by atoms with E-state index >= 15 is 0 Å². The van der Waals surface area contributed by atoms with Crippen molar-refractivity contribution in [3.05, 3.63) is 29.3 Å². The molecule has 2 N–H and O–H groups in total. The Morgan fingerprint density at radius 3 is 2.55 bits per heavy atom. The first-order valence-corrected chi connectivity index (χ1v) is 6.91. The third kappa shape index (κ3) is 4.62. The third-order valence-corrected chi connectivity index (χ3v) is 3.54. The fourth-order valence-electron chi connectivity index (χ4n) is 2.07. The highest BCUT2D eigenvalue weighted by Gasteiger charge is 2.24. The minimum absolute atomic E-state index is 0.0644. The number of nitrogens with one attached hydrogen (secondary N) is 1. The standard InChI is InChI=1S/C16H26N2O2/c1-11-8-7-9-14(12(11)2)17-15(19)13(3)18(6)10-16(4,5)20/h7-9,13,20H,10H2,1-6H3,(H,17,19). The smallest absolute Gasteiger partial charge is 0.241 e. The van der Waals surface area contributed by atoms with E-state index in [1.54, 1.807) is 13.8 Å². The molecule has 1 aromatic carbocycles. The van der Waals surface area contributed by atoms with Gasteiger partial charge in [-0.25, -0.2) is 0 Å². The van der Waals surface area contributed by atoms with Gasteiger partial charge in [-0.1, -0.05) is 12.1 Å². The number of amides is 1. The van der Waals surface area contributed by atoms with E-state index in [-0.39, 0.29) is 11.9 Å². The van der Waals surface area contributed by atoms with Crippen LogP contribution in [0.4, 0.5) is 5.69 Å². The van der Waals surface area contributed by atoms with Crippen molar-refractivity contribution in [1.82, 2.24) is 4.90 Å². The Bertz CT molecular complexity index is 478. The van der Waals surface area contributed by atoms with Gasteiger partial charge in [0.2, 0.25) is 5.91 Å². The van der Waals surface area contributed by atoms with Crippen LogP contribution in [0.5, 0.6) is 0 Å². The van der Waals surface area contributed by atoms with E-state index in [9.17, 15) is 9.90 Å². The van der Waals surface area contributed by atoms with Crippen LogP contribution in [0.2, 0.25) is 0 Å². The molecule has 0 radical (unpaired) electrons. The molecule has 1 atom stereocenters. The predicted octanol–water partition coefficient (Wildman–Crippen LogP) is 2.33. The van der Waals surface area contributed by atoms with Crippen LogP contribution in [-0.4, -0.2) is 41.1 Å². The molecule has 4 nitrogen and oxygen atoms in total. The zero-order chi connectivity index (χ0) is 15.5. The number of nitrogens with zero attached hydrogens (tertiary/aromatic N) is 1. The van der Waals surface area contributed by atoms with Crippen LogP contribution in [-0.2, 0) is 4.79 Å². The Labute approximate surface area is 121 Å². The lowest BCUT2D eigenvalue weighted by Gasteiger charge is -2.29. The summed E-state index contributed by atoms with van der Waals surface area (Å²) < 4.78 is 0. The molecule has 0 aliphatic rings. The summed E-state index contributed by atoms with van der Waals surface area (Å²) in [4.78, 5) is 14.1. The molecule has 1 unspecified atom stereocenters. The first-order chi connectivity index (χ1) is 9.11. The summed E-state index contributed by atoms with van der Waals surface area (Å²) in [5, 5.41) is 12.8. The van der Waals surface area contributed by atoms with Crippen molar-refractivity contribution < 1.29 is 9.90 Å². The van der Waals surface area contributed by atoms with Gasteiger partial charge in [-0.2, -0.15) is 0 Å². The normalized spacial score (nSPS) is 13.4. The Balaban J connectivity index is 2.73. The molecular formula is C16H26N2O2. The predicted molar refractivity (Wildman–Crippen MR) is 82.9 cm³/mol. The number of rotatable bonds is 5. The maximum absolute atomic E-state index is 12.3. The summed E-state index contributed by atoms with van der Waals surface area (Å²) in [6, 6.07) is 5.56. The molecule has 0 bridgehead atoms. The van der Waals surface area contributed by atoms with Gasteiger partial charge in [-0.3, -0.25) is 9.69 Å². The number of hydrogen-bond donors (Lipinski definition) is 2. The number of anilines is 1. The molecule has 0 aliphatic heterocycles. The maximum atomic E-state index is 12.3. The van der Waals surface area contributed by atoms with Crippen molar-refractivity contribution in [2.75, 3.05) is 18.9 Å². The lowest BCUT2D eigenvalue weighted by atomic mass is 10.1. The van der Waals surface area contributed by atoms with Gasteiger partial charge in [0.05, 0.1) is 11.6 Å². The number of carbonyl (C=O) groups excluding carboxylic acids is 1. The average molecular weight is 278 g/mol. The van der Waals surface area contributed by atoms with Crippen molar-refractivity contribution in [2.24, 2.45) is 0 Å². The van der Waals surface area contributed by atoms with Crippen molar-refractivity contribution in [2.45, 2.75) is 46.3 Å². The molecule has 0 aliphatic carbocycles. The molecule has 4 heteroatoms. The summed E-state index contributed by atoms with van der Waals surface area (Å²) in [5.74, 6) is -0.0644. The zero-order valence-electron chi connectivity index (χ0n) is 13.3. The number of benzene rings is 1. The van der Waals surface area contributed by atoms with E-state index in [0.29, 0.717) is 6.54 Å². The molecule has 1 amide bonds. The van der Waals surface area contributed by atoms with Crippen LogP contribution >= 0.6 is 0 Å². The van der Waals surface area contributed by atoms with Crippen LogP contribution < -0.4 is 5.32 Å². The topological polar surface area (TPSA) is 52.6 Å². The zero-order valence-corrected chi connectivity index (χ0v) is 13.3. The van der Waals surface area contributed by atoms with Gasteiger partial charge in [0.1, 0.15) is 0 Å². The van der Waals surface area contributed by atoms with Gasteiger partial charge < -0.3 is 10.4 Å². The van der Waals surface area contributed by atoms with Crippen molar-refractivity contribution in [3.8, 4) is 0 Å². The van der Waals surface area contributed by atoms with Crippen LogP contribution in [0.1, 0.15) is 31.9 Å². The first-order valence-electron chi connectivity index (χ1n) is 6.91. The highest BCUT2D eigenvalue weighted by molar-refractivity contribution is 5.95. The summed E-state index contributed by atoms with van der Waals surface area (Å²) in [6.07, 6.45) is 0. The molecule has 1 rings (SSSR count). The summed E-state index contributed by atoms with van der Waals surface area (Å²) in [7, 11) is 1.84. The van der Waals surface area contributed by atoms with Gasteiger partial charge in [-0.05, 0) is 58.9 Å². The molecule has 112 valence electrons. The Morgan fingerprint density at radius 1 is 1.40 bits per heavy atom. The molecule has 0 spiro atoms. The summed E-state index contributed by atoms with van der Waals surface area (Å²) >= 11 is 0. The van der Waals surface area contributed by atoms with E-state index in [4.69, 9.17) is 0 Å². The van der Waals surface area contributed by atoms with Gasteiger partial charge >= 0.3 is 0 Å². The van der Waals surface area contributed by atoms with Gasteiger partial charge in [0, 0.05) is 12.2 Å². The second-order valence-corrected chi connectivity index (χ2v) is 6.14. The minimum atomic E-state index is -0.817. The van der Waals surface area contributed by atoms with Crippen LogP contribution in [0.3, 0.4) is 0 Å². The molecule has 0 saturated carbocycles. The van der Waals surface area contributed by atoms with E-state index in [2.05, 4.69) is 5.32 Å². The van der Waals surface area contributed by atoms with Crippen molar-refractivity contribution >= 4 is 11.6 Å². The molecule has 20 heavy (non-hydrogen) atoms.